The largest absolute Gasteiger partial charge is 0.331 e. The number of hydroxylamine groups is 2. The van der Waals surface area contributed by atoms with Gasteiger partial charge in [0, 0.05) is 31.6 Å². The van der Waals surface area contributed by atoms with E-state index in [4.69, 9.17) is 23.2 Å². The molecule has 1 aromatic carbocycles. The summed E-state index contributed by atoms with van der Waals surface area (Å²) in [7, 11) is 1.79. The van der Waals surface area contributed by atoms with Crippen molar-refractivity contribution in [2.45, 2.75) is 39.3 Å². The normalized spacial score (nSPS) is 22.0. The smallest absolute Gasteiger partial charge is 0.317 e. The first kappa shape index (κ1) is 19.3. The van der Waals surface area contributed by atoms with E-state index < -0.39 is 0 Å². The topological polar surface area (TPSA) is 55.8 Å². The van der Waals surface area contributed by atoms with E-state index >= 15 is 0 Å². The van der Waals surface area contributed by atoms with E-state index in [9.17, 15) is 10.0 Å². The fourth-order valence-electron chi connectivity index (χ4n) is 3.40. The van der Waals surface area contributed by atoms with Crippen molar-refractivity contribution in [3.63, 3.8) is 0 Å². The van der Waals surface area contributed by atoms with Gasteiger partial charge in [-0.05, 0) is 25.0 Å². The van der Waals surface area contributed by atoms with E-state index in [0.29, 0.717) is 23.1 Å². The Morgan fingerprint density at radius 2 is 2.12 bits per heavy atom. The zero-order valence-electron chi connectivity index (χ0n) is 14.5. The number of urea groups is 1. The number of hydrogen-bond donors (Lipinski definition) is 2. The molecular weight excluding hydrogens is 349 g/mol. The van der Waals surface area contributed by atoms with E-state index in [1.165, 1.54) is 5.06 Å². The Balaban J connectivity index is 2.07. The SMILES string of the molecule is CC(NC(=O)N(C)C1CCN(O)CC1(C)C)c1cccc(Cl)c1Cl. The van der Waals surface area contributed by atoms with Crippen LogP contribution in [0.1, 0.15) is 38.8 Å². The van der Waals surface area contributed by atoms with Crippen LogP contribution in [0.15, 0.2) is 18.2 Å². The maximum Gasteiger partial charge on any atom is 0.317 e. The highest BCUT2D eigenvalue weighted by Crippen LogP contribution is 2.33. The Kier molecular flexibility index (Phi) is 6.02. The van der Waals surface area contributed by atoms with E-state index in [1.54, 1.807) is 18.0 Å². The molecule has 0 radical (unpaired) electrons. The number of nitrogens with one attached hydrogen (secondary N) is 1. The second-order valence-electron chi connectivity index (χ2n) is 7.11. The molecule has 5 nitrogen and oxygen atoms in total. The van der Waals surface area contributed by atoms with Gasteiger partial charge in [-0.15, -0.1) is 0 Å². The summed E-state index contributed by atoms with van der Waals surface area (Å²) in [6.45, 7) is 7.08. The molecule has 0 bridgehead atoms. The molecule has 2 unspecified atom stereocenters. The molecule has 24 heavy (non-hydrogen) atoms. The third-order valence-electron chi connectivity index (χ3n) is 4.73. The lowest BCUT2D eigenvalue weighted by Gasteiger charge is -2.46. The Morgan fingerprint density at radius 1 is 1.46 bits per heavy atom. The number of rotatable bonds is 3. The van der Waals surface area contributed by atoms with Crippen molar-refractivity contribution < 1.29 is 10.0 Å². The molecule has 1 aliphatic heterocycles. The lowest BCUT2D eigenvalue weighted by Crippen LogP contribution is -2.57. The predicted octanol–water partition coefficient (Wildman–Crippen LogP) is 4.19. The molecule has 2 rings (SSSR count). The number of carbonyl (C=O) groups excluding carboxylic acids is 1. The van der Waals surface area contributed by atoms with Crippen LogP contribution in [-0.4, -0.2) is 47.4 Å². The van der Waals surface area contributed by atoms with Crippen LogP contribution in [-0.2, 0) is 0 Å². The fourth-order valence-corrected chi connectivity index (χ4v) is 3.87. The number of carbonyl (C=O) groups is 1. The van der Waals surface area contributed by atoms with Gasteiger partial charge in [0.1, 0.15) is 0 Å². The van der Waals surface area contributed by atoms with Crippen molar-refractivity contribution in [3.05, 3.63) is 33.8 Å². The molecule has 0 aliphatic carbocycles. The standard InChI is InChI=1S/C17H25Cl2N3O2/c1-11(12-6-5-7-13(18)15(12)19)20-16(23)21(4)14-8-9-22(24)10-17(14,2)3/h5-7,11,14,24H,8-10H2,1-4H3,(H,20,23). The highest BCUT2D eigenvalue weighted by atomic mass is 35.5. The van der Waals surface area contributed by atoms with Crippen LogP contribution < -0.4 is 5.32 Å². The van der Waals surface area contributed by atoms with Crippen LogP contribution >= 0.6 is 23.2 Å². The van der Waals surface area contributed by atoms with E-state index in [-0.39, 0.29) is 23.5 Å². The number of amides is 2. The summed E-state index contributed by atoms with van der Waals surface area (Å²) in [6, 6.07) is 5.01. The van der Waals surface area contributed by atoms with Crippen molar-refractivity contribution in [2.75, 3.05) is 20.1 Å². The Hall–Kier alpha value is -1.01. The lowest BCUT2D eigenvalue weighted by molar-refractivity contribution is -0.148. The number of nitrogens with zero attached hydrogens (tertiary/aromatic N) is 2. The van der Waals surface area contributed by atoms with E-state index in [1.807, 2.05) is 19.1 Å². The van der Waals surface area contributed by atoms with Gasteiger partial charge in [-0.3, -0.25) is 0 Å². The third kappa shape index (κ3) is 4.14. The number of piperidine rings is 1. The van der Waals surface area contributed by atoms with Crippen LogP contribution in [0.4, 0.5) is 4.79 Å². The highest BCUT2D eigenvalue weighted by Gasteiger charge is 2.39. The van der Waals surface area contributed by atoms with Gasteiger partial charge in [-0.25, -0.2) is 4.79 Å². The van der Waals surface area contributed by atoms with Gasteiger partial charge in [0.15, 0.2) is 0 Å². The molecule has 1 heterocycles. The van der Waals surface area contributed by atoms with Crippen LogP contribution in [0.2, 0.25) is 10.0 Å². The quantitative estimate of drug-likeness (QED) is 0.834. The number of hydrogen-bond acceptors (Lipinski definition) is 3. The average molecular weight is 374 g/mol. The van der Waals surface area contributed by atoms with Gasteiger partial charge >= 0.3 is 6.03 Å². The van der Waals surface area contributed by atoms with Crippen molar-refractivity contribution in [2.24, 2.45) is 5.41 Å². The lowest BCUT2D eigenvalue weighted by atomic mass is 9.79. The molecule has 2 atom stereocenters. The molecule has 0 saturated carbocycles. The fraction of sp³-hybridized carbons (Fsp3) is 0.588. The first-order valence-electron chi connectivity index (χ1n) is 8.04. The molecule has 1 aliphatic rings. The molecule has 0 aromatic heterocycles. The van der Waals surface area contributed by atoms with Crippen molar-refractivity contribution in [1.29, 1.82) is 0 Å². The monoisotopic (exact) mass is 373 g/mol. The molecule has 134 valence electrons. The minimum atomic E-state index is -0.257. The van der Waals surface area contributed by atoms with Gasteiger partial charge < -0.3 is 15.4 Å². The summed E-state index contributed by atoms with van der Waals surface area (Å²) in [5.74, 6) is 0. The first-order valence-corrected chi connectivity index (χ1v) is 8.80. The molecule has 2 N–H and O–H groups in total. The molecule has 1 aromatic rings. The molecule has 1 fully saturated rings. The van der Waals surface area contributed by atoms with Crippen LogP contribution in [0.25, 0.3) is 0 Å². The van der Waals surface area contributed by atoms with Gasteiger partial charge in [0.25, 0.3) is 0 Å². The predicted molar refractivity (Wildman–Crippen MR) is 96.7 cm³/mol. The molecule has 2 amide bonds. The van der Waals surface area contributed by atoms with Gasteiger partial charge in [0.05, 0.1) is 16.1 Å². The maximum absolute atomic E-state index is 12.7. The van der Waals surface area contributed by atoms with Gasteiger partial charge in [-0.2, -0.15) is 5.06 Å². The number of halogens is 2. The molecular formula is C17H25Cl2N3O2. The number of benzene rings is 1. The average Bonchev–Trinajstić information content (AvgIpc) is 2.48. The maximum atomic E-state index is 12.7. The first-order chi connectivity index (χ1) is 11.1. The van der Waals surface area contributed by atoms with Crippen LogP contribution in [0.3, 0.4) is 0 Å². The van der Waals surface area contributed by atoms with Crippen molar-refractivity contribution >= 4 is 29.2 Å². The summed E-state index contributed by atoms with van der Waals surface area (Å²) in [4.78, 5) is 14.4. The second-order valence-corrected chi connectivity index (χ2v) is 7.89. The van der Waals surface area contributed by atoms with Gasteiger partial charge in [-0.1, -0.05) is 49.2 Å². The molecule has 7 heteroatoms. The summed E-state index contributed by atoms with van der Waals surface area (Å²) in [5, 5.41) is 14.9. The summed E-state index contributed by atoms with van der Waals surface area (Å²) < 4.78 is 0. The Labute approximate surface area is 153 Å². The molecule has 0 spiro atoms. The van der Waals surface area contributed by atoms with E-state index in [2.05, 4.69) is 19.2 Å². The highest BCUT2D eigenvalue weighted by molar-refractivity contribution is 6.42. The summed E-state index contributed by atoms with van der Waals surface area (Å²) in [5.41, 5.74) is 0.589. The minimum absolute atomic E-state index is 0.0444. The summed E-state index contributed by atoms with van der Waals surface area (Å²) >= 11 is 12.3. The zero-order chi connectivity index (χ0) is 18.1. The van der Waals surface area contributed by atoms with Gasteiger partial charge in [0.2, 0.25) is 0 Å². The third-order valence-corrected chi connectivity index (χ3v) is 5.56. The van der Waals surface area contributed by atoms with Crippen molar-refractivity contribution in [1.82, 2.24) is 15.3 Å². The summed E-state index contributed by atoms with van der Waals surface area (Å²) in [6.07, 6.45) is 0.722. The second kappa shape index (κ2) is 7.48. The van der Waals surface area contributed by atoms with Crippen LogP contribution in [0, 0.1) is 5.41 Å². The van der Waals surface area contributed by atoms with Crippen LogP contribution in [0.5, 0.6) is 0 Å². The Bertz CT molecular complexity index is 609. The Morgan fingerprint density at radius 3 is 2.75 bits per heavy atom. The minimum Gasteiger partial charge on any atom is -0.331 e. The molecule has 1 saturated heterocycles. The van der Waals surface area contributed by atoms with E-state index in [0.717, 1.165) is 12.0 Å². The van der Waals surface area contributed by atoms with Crippen molar-refractivity contribution in [3.8, 4) is 0 Å². The zero-order valence-corrected chi connectivity index (χ0v) is 16.0.